The molecule has 33 heavy (non-hydrogen) atoms. The van der Waals surface area contributed by atoms with Gasteiger partial charge in [-0.1, -0.05) is 48.5 Å². The Kier molecular flexibility index (Phi) is 5.64. The molecule has 3 aromatic carbocycles. The summed E-state index contributed by atoms with van der Waals surface area (Å²) in [5.41, 5.74) is 4.42. The first-order chi connectivity index (χ1) is 16.0. The molecule has 1 amide bonds. The van der Waals surface area contributed by atoms with Crippen molar-refractivity contribution < 1.29 is 13.2 Å². The Balaban J connectivity index is 1.36. The summed E-state index contributed by atoms with van der Waals surface area (Å²) in [7, 11) is -3.24. The zero-order valence-electron chi connectivity index (χ0n) is 18.1. The molecule has 1 aromatic heterocycles. The fraction of sp³-hybridized carbons (Fsp3) is 0.192. The number of para-hydroxylation sites is 1. The second-order valence-corrected chi connectivity index (χ2v) is 10.3. The number of nitrogens with one attached hydrogen (secondary N) is 2. The standard InChI is InChI=1S/C26H25N3O3S/c30-26(20-11-13-21(14-12-20)29-15-6-16-33(29,31)32)28-17-23(19-7-2-1-3-8-19)24-18-27-25-10-5-4-9-22(24)25/h1-5,7-14,18,23,27H,6,15-17H2,(H,28,30). The van der Waals surface area contributed by atoms with E-state index in [0.717, 1.165) is 22.0 Å². The molecule has 1 aliphatic heterocycles. The van der Waals surface area contributed by atoms with Crippen molar-refractivity contribution >= 4 is 32.5 Å². The number of amides is 1. The zero-order valence-corrected chi connectivity index (χ0v) is 18.9. The average molecular weight is 460 g/mol. The molecule has 1 unspecified atom stereocenters. The van der Waals surface area contributed by atoms with Crippen molar-refractivity contribution in [2.45, 2.75) is 12.3 Å². The van der Waals surface area contributed by atoms with Gasteiger partial charge in [-0.3, -0.25) is 9.10 Å². The van der Waals surface area contributed by atoms with E-state index in [1.807, 2.05) is 42.6 Å². The lowest BCUT2D eigenvalue weighted by molar-refractivity contribution is 0.0952. The number of anilines is 1. The number of aromatic amines is 1. The van der Waals surface area contributed by atoms with E-state index in [4.69, 9.17) is 0 Å². The predicted octanol–water partition coefficient (Wildman–Crippen LogP) is 4.27. The minimum atomic E-state index is -3.24. The van der Waals surface area contributed by atoms with Gasteiger partial charge in [0.1, 0.15) is 0 Å². The maximum Gasteiger partial charge on any atom is 0.251 e. The zero-order chi connectivity index (χ0) is 22.8. The van der Waals surface area contributed by atoms with E-state index in [1.165, 1.54) is 4.31 Å². The lowest BCUT2D eigenvalue weighted by Gasteiger charge is -2.19. The minimum absolute atomic E-state index is 0.0136. The molecule has 0 saturated carbocycles. The topological polar surface area (TPSA) is 82.3 Å². The fourth-order valence-electron chi connectivity index (χ4n) is 4.48. The van der Waals surface area contributed by atoms with E-state index >= 15 is 0 Å². The molecule has 6 nitrogen and oxygen atoms in total. The molecular weight excluding hydrogens is 434 g/mol. The number of carbonyl (C=O) groups excluding carboxylic acids is 1. The summed E-state index contributed by atoms with van der Waals surface area (Å²) in [6.45, 7) is 0.921. The maximum atomic E-state index is 12.9. The Bertz CT molecular complexity index is 1380. The highest BCUT2D eigenvalue weighted by Gasteiger charge is 2.28. The molecule has 4 aromatic rings. The van der Waals surface area contributed by atoms with E-state index in [2.05, 4.69) is 28.5 Å². The van der Waals surface area contributed by atoms with Crippen molar-refractivity contribution in [1.29, 1.82) is 0 Å². The van der Waals surface area contributed by atoms with Crippen molar-refractivity contribution in [1.82, 2.24) is 10.3 Å². The molecule has 5 rings (SSSR count). The molecule has 168 valence electrons. The molecule has 0 spiro atoms. The number of fused-ring (bicyclic) bond motifs is 1. The Labute approximate surface area is 193 Å². The Morgan fingerprint density at radius 2 is 1.70 bits per heavy atom. The van der Waals surface area contributed by atoms with Crippen LogP contribution in [-0.2, 0) is 10.0 Å². The van der Waals surface area contributed by atoms with Gasteiger partial charge in [-0.05, 0) is 47.9 Å². The van der Waals surface area contributed by atoms with E-state index < -0.39 is 10.0 Å². The van der Waals surface area contributed by atoms with Gasteiger partial charge in [0, 0.05) is 41.7 Å². The van der Waals surface area contributed by atoms with Gasteiger partial charge in [-0.15, -0.1) is 0 Å². The van der Waals surface area contributed by atoms with Crippen LogP contribution < -0.4 is 9.62 Å². The normalized spacial score (nSPS) is 16.1. The highest BCUT2D eigenvalue weighted by Crippen LogP contribution is 2.30. The van der Waals surface area contributed by atoms with Crippen LogP contribution in [0.2, 0.25) is 0 Å². The van der Waals surface area contributed by atoms with Crippen molar-refractivity contribution in [2.24, 2.45) is 0 Å². The van der Waals surface area contributed by atoms with Gasteiger partial charge in [0.25, 0.3) is 5.91 Å². The summed E-state index contributed by atoms with van der Waals surface area (Å²) in [5, 5.41) is 4.21. The van der Waals surface area contributed by atoms with E-state index in [1.54, 1.807) is 24.3 Å². The molecule has 0 aliphatic carbocycles. The van der Waals surface area contributed by atoms with E-state index in [0.29, 0.717) is 30.8 Å². The first kappa shape index (κ1) is 21.3. The third-order valence-electron chi connectivity index (χ3n) is 6.18. The molecule has 1 saturated heterocycles. The van der Waals surface area contributed by atoms with Gasteiger partial charge in [-0.2, -0.15) is 0 Å². The quantitative estimate of drug-likeness (QED) is 0.452. The molecule has 1 fully saturated rings. The van der Waals surface area contributed by atoms with Crippen LogP contribution in [0.3, 0.4) is 0 Å². The SMILES string of the molecule is O=C(NCC(c1ccccc1)c1c[nH]c2ccccc12)c1ccc(N2CCCS2(=O)=O)cc1. The van der Waals surface area contributed by atoms with Crippen molar-refractivity contribution in [3.63, 3.8) is 0 Å². The minimum Gasteiger partial charge on any atom is -0.361 e. The summed E-state index contributed by atoms with van der Waals surface area (Å²) in [6.07, 6.45) is 2.64. The Morgan fingerprint density at radius 3 is 2.42 bits per heavy atom. The van der Waals surface area contributed by atoms with Gasteiger partial charge in [0.05, 0.1) is 11.4 Å². The van der Waals surface area contributed by atoms with Crippen LogP contribution in [0.4, 0.5) is 5.69 Å². The van der Waals surface area contributed by atoms with Crippen LogP contribution in [0.15, 0.2) is 85.1 Å². The van der Waals surface area contributed by atoms with Crippen LogP contribution in [0.1, 0.15) is 33.8 Å². The highest BCUT2D eigenvalue weighted by atomic mass is 32.2. The number of hydrogen-bond donors (Lipinski definition) is 2. The second-order valence-electron chi connectivity index (χ2n) is 8.25. The molecule has 1 aliphatic rings. The van der Waals surface area contributed by atoms with E-state index in [9.17, 15) is 13.2 Å². The van der Waals surface area contributed by atoms with Crippen LogP contribution in [0.25, 0.3) is 10.9 Å². The average Bonchev–Trinajstić information content (AvgIpc) is 3.43. The second kappa shape index (κ2) is 8.75. The highest BCUT2D eigenvalue weighted by molar-refractivity contribution is 7.93. The van der Waals surface area contributed by atoms with Crippen LogP contribution in [-0.4, -0.2) is 38.2 Å². The summed E-state index contributed by atoms with van der Waals surface area (Å²) in [5.74, 6) is -0.0313. The first-order valence-electron chi connectivity index (χ1n) is 11.0. The monoisotopic (exact) mass is 459 g/mol. The van der Waals surface area contributed by atoms with Gasteiger partial charge >= 0.3 is 0 Å². The Morgan fingerprint density at radius 1 is 0.970 bits per heavy atom. The maximum absolute atomic E-state index is 12.9. The summed E-state index contributed by atoms with van der Waals surface area (Å²) >= 11 is 0. The van der Waals surface area contributed by atoms with Crippen molar-refractivity contribution in [3.05, 3.63) is 102 Å². The lowest BCUT2D eigenvalue weighted by atomic mass is 9.91. The summed E-state index contributed by atoms with van der Waals surface area (Å²) in [6, 6.07) is 25.0. The van der Waals surface area contributed by atoms with Gasteiger partial charge < -0.3 is 10.3 Å². The van der Waals surface area contributed by atoms with Gasteiger partial charge in [0.15, 0.2) is 0 Å². The Hall–Kier alpha value is -3.58. The number of H-pyrrole nitrogens is 1. The number of benzene rings is 3. The van der Waals surface area contributed by atoms with Crippen molar-refractivity contribution in [3.8, 4) is 0 Å². The van der Waals surface area contributed by atoms with Crippen LogP contribution >= 0.6 is 0 Å². The number of hydrogen-bond acceptors (Lipinski definition) is 3. The number of sulfonamides is 1. The van der Waals surface area contributed by atoms with Crippen molar-refractivity contribution in [2.75, 3.05) is 23.1 Å². The number of carbonyl (C=O) groups is 1. The van der Waals surface area contributed by atoms with Crippen LogP contribution in [0.5, 0.6) is 0 Å². The molecule has 0 radical (unpaired) electrons. The molecular formula is C26H25N3O3S. The third kappa shape index (κ3) is 4.24. The largest absolute Gasteiger partial charge is 0.361 e. The fourth-order valence-corrected chi connectivity index (χ4v) is 6.04. The number of rotatable bonds is 6. The van der Waals surface area contributed by atoms with E-state index in [-0.39, 0.29) is 17.6 Å². The molecule has 2 N–H and O–H groups in total. The molecule has 2 heterocycles. The smallest absolute Gasteiger partial charge is 0.251 e. The predicted molar refractivity (Wildman–Crippen MR) is 131 cm³/mol. The van der Waals surface area contributed by atoms with Gasteiger partial charge in [-0.25, -0.2) is 8.42 Å². The summed E-state index contributed by atoms with van der Waals surface area (Å²) in [4.78, 5) is 16.3. The lowest BCUT2D eigenvalue weighted by Crippen LogP contribution is -2.29. The number of nitrogens with zero attached hydrogens (tertiary/aromatic N) is 1. The molecule has 7 heteroatoms. The van der Waals surface area contributed by atoms with Gasteiger partial charge in [0.2, 0.25) is 10.0 Å². The molecule has 1 atom stereocenters. The van der Waals surface area contributed by atoms with Crippen LogP contribution in [0, 0.1) is 0 Å². The molecule has 0 bridgehead atoms. The first-order valence-corrected chi connectivity index (χ1v) is 12.6. The summed E-state index contributed by atoms with van der Waals surface area (Å²) < 4.78 is 25.7. The number of aromatic nitrogens is 1. The third-order valence-corrected chi connectivity index (χ3v) is 8.05.